The average molecular weight is 457 g/mol. The Kier molecular flexibility index (Phi) is 14.5. The van der Waals surface area contributed by atoms with Crippen LogP contribution in [0.25, 0.3) is 0 Å². The van der Waals surface area contributed by atoms with Crippen LogP contribution in [0.5, 0.6) is 0 Å². The van der Waals surface area contributed by atoms with Crippen LogP contribution in [0.3, 0.4) is 0 Å². The van der Waals surface area contributed by atoms with Crippen molar-refractivity contribution >= 4 is 29.1 Å². The van der Waals surface area contributed by atoms with Gasteiger partial charge in [0.1, 0.15) is 18.3 Å². The largest absolute Gasteiger partial charge is 0.448 e. The number of alkyl halides is 2. The van der Waals surface area contributed by atoms with E-state index >= 15 is 0 Å². The van der Waals surface area contributed by atoms with Crippen LogP contribution in [-0.4, -0.2) is 67.8 Å². The summed E-state index contributed by atoms with van der Waals surface area (Å²) in [6.45, 7) is 8.43. The van der Waals surface area contributed by atoms with Crippen molar-refractivity contribution in [2.24, 2.45) is 5.73 Å². The number of hydrogen-bond donors (Lipinski definition) is 2. The van der Waals surface area contributed by atoms with Gasteiger partial charge in [-0.1, -0.05) is 63.2 Å². The topological polar surface area (TPSA) is 96.0 Å². The number of nitrogens with two attached hydrogens (primary N) is 1. The Morgan fingerprint density at radius 1 is 0.966 bits per heavy atom. The maximum atomic E-state index is 7.82. The quantitative estimate of drug-likeness (QED) is 0.167. The first kappa shape index (κ1) is 26.9. The summed E-state index contributed by atoms with van der Waals surface area (Å²) in [4.78, 5) is -1.09. The third-order valence-corrected chi connectivity index (χ3v) is 5.07. The smallest absolute Gasteiger partial charge is 0.219 e. The molecule has 0 aliphatic carbocycles. The molecule has 1 heterocycles. The van der Waals surface area contributed by atoms with Gasteiger partial charge < -0.3 is 29.4 Å². The van der Waals surface area contributed by atoms with Crippen LogP contribution in [0.15, 0.2) is 0 Å². The first-order valence-corrected chi connectivity index (χ1v) is 11.6. The van der Waals surface area contributed by atoms with Gasteiger partial charge in [0.15, 0.2) is 4.84 Å². The van der Waals surface area contributed by atoms with Crippen LogP contribution in [0.4, 0.5) is 0 Å². The fourth-order valence-electron chi connectivity index (χ4n) is 2.92. The molecule has 172 valence electrons. The average Bonchev–Trinajstić information content (AvgIpc) is 2.69. The highest BCUT2D eigenvalue weighted by Crippen LogP contribution is 2.27. The van der Waals surface area contributed by atoms with E-state index in [0.29, 0.717) is 26.4 Å². The second kappa shape index (κ2) is 15.6. The predicted octanol–water partition coefficient (Wildman–Crippen LogP) is 4.02. The molecule has 9 heteroatoms. The zero-order valence-corrected chi connectivity index (χ0v) is 19.4. The molecule has 0 aromatic heterocycles. The van der Waals surface area contributed by atoms with E-state index in [1.54, 1.807) is 0 Å². The highest BCUT2D eigenvalue weighted by atomic mass is 35.5. The number of hydrogen-bond acceptors (Lipinski definition) is 7. The Morgan fingerprint density at radius 2 is 1.52 bits per heavy atom. The zero-order chi connectivity index (χ0) is 21.6. The summed E-state index contributed by atoms with van der Waals surface area (Å²) in [6, 6.07) is -0.655. The van der Waals surface area contributed by atoms with Gasteiger partial charge in [0.25, 0.3) is 0 Å². The summed E-state index contributed by atoms with van der Waals surface area (Å²) < 4.78 is 29.6. The van der Waals surface area contributed by atoms with E-state index in [9.17, 15) is 0 Å². The fourth-order valence-corrected chi connectivity index (χ4v) is 3.03. The SMILES string of the molecule is CCCCOCC1OC(OC(=N)C(Cl)Cl)C(N)C(OCCCC)C1OCCCC. The Bertz CT molecular complexity index is 445. The van der Waals surface area contributed by atoms with Gasteiger partial charge in [-0.15, -0.1) is 0 Å². The number of ether oxygens (including phenoxy) is 5. The molecule has 7 nitrogen and oxygen atoms in total. The molecular weight excluding hydrogens is 419 g/mol. The third kappa shape index (κ3) is 9.68. The van der Waals surface area contributed by atoms with Crippen molar-refractivity contribution in [3.05, 3.63) is 0 Å². The molecular formula is C20H38Cl2N2O5. The molecule has 0 amide bonds. The summed E-state index contributed by atoms with van der Waals surface area (Å²) in [5.74, 6) is -0.308. The maximum absolute atomic E-state index is 7.82. The highest BCUT2D eigenvalue weighted by molar-refractivity contribution is 6.53. The van der Waals surface area contributed by atoms with E-state index in [2.05, 4.69) is 20.8 Å². The number of nitrogens with one attached hydrogen (secondary N) is 1. The first-order chi connectivity index (χ1) is 14.0. The predicted molar refractivity (Wildman–Crippen MR) is 116 cm³/mol. The van der Waals surface area contributed by atoms with Crippen molar-refractivity contribution in [1.82, 2.24) is 0 Å². The molecule has 1 saturated heterocycles. The van der Waals surface area contributed by atoms with E-state index < -0.39 is 29.4 Å². The molecule has 1 aliphatic rings. The Morgan fingerprint density at radius 3 is 2.07 bits per heavy atom. The summed E-state index contributed by atoms with van der Waals surface area (Å²) in [5.41, 5.74) is 6.41. The van der Waals surface area contributed by atoms with Crippen molar-refractivity contribution in [3.8, 4) is 0 Å². The number of unbranched alkanes of at least 4 members (excludes halogenated alkanes) is 3. The Hall–Kier alpha value is -0.150. The molecule has 1 rings (SSSR count). The summed E-state index contributed by atoms with van der Waals surface area (Å²) in [6.07, 6.45) is 3.71. The molecule has 0 saturated carbocycles. The minimum absolute atomic E-state index is 0.308. The van der Waals surface area contributed by atoms with E-state index in [4.69, 9.17) is 58.0 Å². The third-order valence-electron chi connectivity index (χ3n) is 4.67. The van der Waals surface area contributed by atoms with Crippen LogP contribution >= 0.6 is 23.2 Å². The number of rotatable bonds is 15. The van der Waals surface area contributed by atoms with Crippen LogP contribution in [-0.2, 0) is 23.7 Å². The molecule has 29 heavy (non-hydrogen) atoms. The van der Waals surface area contributed by atoms with Gasteiger partial charge >= 0.3 is 0 Å². The molecule has 0 aromatic carbocycles. The van der Waals surface area contributed by atoms with Crippen molar-refractivity contribution in [2.75, 3.05) is 26.4 Å². The normalized spacial score (nSPS) is 27.3. The van der Waals surface area contributed by atoms with Crippen molar-refractivity contribution in [2.45, 2.75) is 94.8 Å². The lowest BCUT2D eigenvalue weighted by Crippen LogP contribution is -2.64. The van der Waals surface area contributed by atoms with Crippen LogP contribution in [0.1, 0.15) is 59.3 Å². The first-order valence-electron chi connectivity index (χ1n) is 10.7. The molecule has 1 aliphatic heterocycles. The fraction of sp³-hybridized carbons (Fsp3) is 0.950. The molecule has 5 unspecified atom stereocenters. The minimum Gasteiger partial charge on any atom is -0.448 e. The van der Waals surface area contributed by atoms with E-state index in [1.807, 2.05) is 0 Å². The molecule has 1 fully saturated rings. The van der Waals surface area contributed by atoms with E-state index in [1.165, 1.54) is 0 Å². The lowest BCUT2D eigenvalue weighted by molar-refractivity contribution is -0.265. The number of halogens is 2. The highest BCUT2D eigenvalue weighted by Gasteiger charge is 2.47. The van der Waals surface area contributed by atoms with Gasteiger partial charge in [0, 0.05) is 19.8 Å². The Balaban J connectivity index is 2.93. The van der Waals surface area contributed by atoms with Crippen LogP contribution < -0.4 is 5.73 Å². The minimum atomic E-state index is -1.09. The lowest BCUT2D eigenvalue weighted by atomic mass is 9.97. The van der Waals surface area contributed by atoms with Gasteiger partial charge in [0.2, 0.25) is 12.2 Å². The molecule has 0 aromatic rings. The second-order valence-electron chi connectivity index (χ2n) is 7.21. The summed E-state index contributed by atoms with van der Waals surface area (Å²) in [5, 5.41) is 7.82. The maximum Gasteiger partial charge on any atom is 0.219 e. The molecule has 0 radical (unpaired) electrons. The summed E-state index contributed by atoms with van der Waals surface area (Å²) >= 11 is 11.5. The standard InChI is InChI=1S/C20H38Cl2N2O5/c1-4-7-10-25-13-14-16(26-11-8-5-2)17(27-12-9-6-3)15(23)20(28-14)29-19(24)18(21)22/h14-18,20,24H,4-13,23H2,1-3H3. The molecule has 3 N–H and O–H groups in total. The van der Waals surface area contributed by atoms with Crippen molar-refractivity contribution in [1.29, 1.82) is 5.41 Å². The van der Waals surface area contributed by atoms with E-state index in [-0.39, 0.29) is 12.0 Å². The van der Waals surface area contributed by atoms with Crippen molar-refractivity contribution < 1.29 is 23.7 Å². The molecule has 0 spiro atoms. The van der Waals surface area contributed by atoms with Gasteiger partial charge in [-0.05, 0) is 19.3 Å². The van der Waals surface area contributed by atoms with Gasteiger partial charge in [-0.25, -0.2) is 0 Å². The lowest BCUT2D eigenvalue weighted by Gasteiger charge is -2.44. The molecule has 0 bridgehead atoms. The van der Waals surface area contributed by atoms with Crippen molar-refractivity contribution in [3.63, 3.8) is 0 Å². The van der Waals surface area contributed by atoms with E-state index in [0.717, 1.165) is 38.5 Å². The molecule has 5 atom stereocenters. The van der Waals surface area contributed by atoms with Gasteiger partial charge in [-0.2, -0.15) is 0 Å². The monoisotopic (exact) mass is 456 g/mol. The Labute approximate surface area is 185 Å². The van der Waals surface area contributed by atoms with Crippen LogP contribution in [0.2, 0.25) is 0 Å². The van der Waals surface area contributed by atoms with Gasteiger partial charge in [-0.3, -0.25) is 5.41 Å². The van der Waals surface area contributed by atoms with Gasteiger partial charge in [0.05, 0.1) is 12.6 Å². The second-order valence-corrected chi connectivity index (χ2v) is 8.31. The summed E-state index contributed by atoms with van der Waals surface area (Å²) in [7, 11) is 0. The van der Waals surface area contributed by atoms with Crippen LogP contribution in [0, 0.1) is 5.41 Å². The zero-order valence-electron chi connectivity index (χ0n) is 17.9.